The average molecular weight is 1420 g/mol. The van der Waals surface area contributed by atoms with E-state index in [1.54, 1.807) is 0 Å². The van der Waals surface area contributed by atoms with Crippen LogP contribution in [0.25, 0.3) is 0 Å². The van der Waals surface area contributed by atoms with Gasteiger partial charge in [0.25, 0.3) is 0 Å². The molecule has 0 aliphatic heterocycles. The van der Waals surface area contributed by atoms with Gasteiger partial charge >= 0.3 is 39.5 Å². The fraction of sp³-hybridized carbons (Fsp3) is 0.949. The van der Waals surface area contributed by atoms with Crippen LogP contribution in [0.4, 0.5) is 0 Å². The first kappa shape index (κ1) is 95.1. The van der Waals surface area contributed by atoms with E-state index in [9.17, 15) is 43.2 Å². The van der Waals surface area contributed by atoms with Crippen molar-refractivity contribution in [2.75, 3.05) is 39.6 Å². The van der Waals surface area contributed by atoms with Gasteiger partial charge in [-0.2, -0.15) is 0 Å². The number of rotatable bonds is 77. The average Bonchev–Trinajstić information content (AvgIpc) is 1.11. The molecule has 2 unspecified atom stereocenters. The summed E-state index contributed by atoms with van der Waals surface area (Å²) in [6, 6.07) is 0. The SMILES string of the molecule is CCCCCCCCCCCCCCCCCCCCC(=O)OC[C@H](COP(=O)(O)OC[C@@H](O)COP(=O)(O)OC[C@@H](COC(=O)CCCCCCCCCC(C)C)OC(=O)CCCCCCCCCCC(C)C)OC(=O)CCCCCCCCCCCCCCCCCCCC. The highest BCUT2D eigenvalue weighted by atomic mass is 31.2. The van der Waals surface area contributed by atoms with E-state index < -0.39 is 97.5 Å². The van der Waals surface area contributed by atoms with Crippen LogP contribution in [0.5, 0.6) is 0 Å². The second kappa shape index (κ2) is 69.8. The summed E-state index contributed by atoms with van der Waals surface area (Å²) < 4.78 is 68.6. The van der Waals surface area contributed by atoms with E-state index in [0.29, 0.717) is 31.6 Å². The number of esters is 4. The van der Waals surface area contributed by atoms with Gasteiger partial charge in [-0.1, -0.05) is 356 Å². The first-order valence-corrected chi connectivity index (χ1v) is 43.5. The maximum absolute atomic E-state index is 13.1. The van der Waals surface area contributed by atoms with E-state index in [-0.39, 0.29) is 25.7 Å². The van der Waals surface area contributed by atoms with Crippen molar-refractivity contribution in [1.82, 2.24) is 0 Å². The maximum Gasteiger partial charge on any atom is 0.472 e. The number of phosphoric ester groups is 2. The van der Waals surface area contributed by atoms with Crippen LogP contribution >= 0.6 is 15.6 Å². The molecule has 0 aliphatic carbocycles. The number of phosphoric acid groups is 2. The Balaban J connectivity index is 5.22. The van der Waals surface area contributed by atoms with Crippen LogP contribution < -0.4 is 0 Å². The Kier molecular flexibility index (Phi) is 68.4. The van der Waals surface area contributed by atoms with Crippen LogP contribution in [0.3, 0.4) is 0 Å². The Morgan fingerprint density at radius 1 is 0.278 bits per heavy atom. The van der Waals surface area contributed by atoms with Gasteiger partial charge in [-0.3, -0.25) is 37.3 Å². The van der Waals surface area contributed by atoms with Crippen LogP contribution in [0.15, 0.2) is 0 Å². The molecular weight excluding hydrogens is 1270 g/mol. The minimum absolute atomic E-state index is 0.104. The number of ether oxygens (including phenoxy) is 4. The minimum Gasteiger partial charge on any atom is -0.462 e. The van der Waals surface area contributed by atoms with Gasteiger partial charge < -0.3 is 33.8 Å². The van der Waals surface area contributed by atoms with Crippen molar-refractivity contribution in [3.05, 3.63) is 0 Å². The summed E-state index contributed by atoms with van der Waals surface area (Å²) in [5, 5.41) is 10.6. The summed E-state index contributed by atoms with van der Waals surface area (Å²) in [6.45, 7) is 9.51. The lowest BCUT2D eigenvalue weighted by Gasteiger charge is -2.21. The molecular formula is C78H152O17P2. The molecule has 576 valence electrons. The van der Waals surface area contributed by atoms with Crippen molar-refractivity contribution in [3.8, 4) is 0 Å². The van der Waals surface area contributed by atoms with Crippen molar-refractivity contribution in [1.29, 1.82) is 0 Å². The molecule has 0 saturated carbocycles. The number of carbonyl (C=O) groups is 4. The van der Waals surface area contributed by atoms with Crippen LogP contribution in [-0.4, -0.2) is 96.7 Å². The fourth-order valence-electron chi connectivity index (χ4n) is 12.0. The number of aliphatic hydroxyl groups is 1. The molecule has 3 N–H and O–H groups in total. The molecule has 19 heteroatoms. The van der Waals surface area contributed by atoms with Gasteiger partial charge in [-0.05, 0) is 37.5 Å². The first-order chi connectivity index (χ1) is 46.9. The Labute approximate surface area is 594 Å². The Morgan fingerprint density at radius 2 is 0.474 bits per heavy atom. The summed E-state index contributed by atoms with van der Waals surface area (Å²) >= 11 is 0. The molecule has 0 spiro atoms. The van der Waals surface area contributed by atoms with Crippen molar-refractivity contribution >= 4 is 39.5 Å². The van der Waals surface area contributed by atoms with Crippen LogP contribution in [-0.2, 0) is 65.4 Å². The molecule has 0 rings (SSSR count). The number of hydrogen-bond donors (Lipinski definition) is 3. The van der Waals surface area contributed by atoms with E-state index in [4.69, 9.17) is 37.0 Å². The third-order valence-corrected chi connectivity index (χ3v) is 20.1. The summed E-state index contributed by atoms with van der Waals surface area (Å²) in [7, 11) is -9.91. The van der Waals surface area contributed by atoms with Crippen LogP contribution in [0, 0.1) is 11.8 Å². The van der Waals surface area contributed by atoms with Gasteiger partial charge in [0, 0.05) is 25.7 Å². The number of carbonyl (C=O) groups excluding carboxylic acids is 4. The van der Waals surface area contributed by atoms with Crippen molar-refractivity contribution in [2.45, 2.75) is 426 Å². The van der Waals surface area contributed by atoms with Gasteiger partial charge in [0.05, 0.1) is 26.4 Å². The molecule has 0 heterocycles. The number of hydrogen-bond acceptors (Lipinski definition) is 15. The van der Waals surface area contributed by atoms with Crippen molar-refractivity contribution in [2.24, 2.45) is 11.8 Å². The van der Waals surface area contributed by atoms with Gasteiger partial charge in [0.2, 0.25) is 0 Å². The van der Waals surface area contributed by atoms with Gasteiger partial charge in [-0.25, -0.2) is 9.13 Å². The van der Waals surface area contributed by atoms with Gasteiger partial charge in [-0.15, -0.1) is 0 Å². The smallest absolute Gasteiger partial charge is 0.462 e. The third kappa shape index (κ3) is 72.2. The number of aliphatic hydroxyl groups excluding tert-OH is 1. The Hall–Kier alpha value is -1.94. The van der Waals surface area contributed by atoms with E-state index >= 15 is 0 Å². The molecule has 0 amide bonds. The van der Waals surface area contributed by atoms with Crippen molar-refractivity contribution in [3.63, 3.8) is 0 Å². The molecule has 97 heavy (non-hydrogen) atoms. The summed E-state index contributed by atoms with van der Waals surface area (Å²) in [5.74, 6) is -0.692. The van der Waals surface area contributed by atoms with Gasteiger partial charge in [0.1, 0.15) is 19.3 Å². The molecule has 0 bridgehead atoms. The van der Waals surface area contributed by atoms with Gasteiger partial charge in [0.15, 0.2) is 12.2 Å². The zero-order chi connectivity index (χ0) is 71.4. The van der Waals surface area contributed by atoms with E-state index in [0.717, 1.165) is 102 Å². The molecule has 0 aromatic heterocycles. The molecule has 0 saturated heterocycles. The molecule has 0 aliphatic rings. The number of unbranched alkanes of at least 4 members (excludes halogenated alkanes) is 47. The maximum atomic E-state index is 13.1. The quantitative estimate of drug-likeness (QED) is 0.0222. The summed E-state index contributed by atoms with van der Waals surface area (Å²) in [6.07, 6.45) is 58.5. The molecule has 0 radical (unpaired) electrons. The largest absolute Gasteiger partial charge is 0.472 e. The van der Waals surface area contributed by atoms with E-state index in [2.05, 4.69) is 41.5 Å². The first-order valence-electron chi connectivity index (χ1n) is 40.5. The van der Waals surface area contributed by atoms with Crippen LogP contribution in [0.2, 0.25) is 0 Å². The highest BCUT2D eigenvalue weighted by molar-refractivity contribution is 7.47. The lowest BCUT2D eigenvalue weighted by molar-refractivity contribution is -0.161. The van der Waals surface area contributed by atoms with E-state index in [1.165, 1.54) is 218 Å². The molecule has 0 fully saturated rings. The lowest BCUT2D eigenvalue weighted by Crippen LogP contribution is -2.30. The normalized spacial score (nSPS) is 14.0. The molecule has 0 aromatic carbocycles. The zero-order valence-corrected chi connectivity index (χ0v) is 65.2. The molecule has 0 aromatic rings. The topological polar surface area (TPSA) is 237 Å². The Bertz CT molecular complexity index is 1870. The predicted octanol–water partition coefficient (Wildman–Crippen LogP) is 23.1. The monoisotopic (exact) mass is 1420 g/mol. The van der Waals surface area contributed by atoms with Crippen LogP contribution in [0.1, 0.15) is 408 Å². The zero-order valence-electron chi connectivity index (χ0n) is 63.4. The predicted molar refractivity (Wildman–Crippen MR) is 395 cm³/mol. The lowest BCUT2D eigenvalue weighted by atomic mass is 10.0. The third-order valence-electron chi connectivity index (χ3n) is 18.2. The second-order valence-corrected chi connectivity index (χ2v) is 32.0. The summed E-state index contributed by atoms with van der Waals surface area (Å²) in [5.41, 5.74) is 0. The van der Waals surface area contributed by atoms with Crippen molar-refractivity contribution < 1.29 is 80.2 Å². The fourth-order valence-corrected chi connectivity index (χ4v) is 13.6. The minimum atomic E-state index is -4.96. The molecule has 17 nitrogen and oxygen atoms in total. The molecule has 5 atom stereocenters. The standard InChI is InChI=1S/C78H152O17P2/c1-7-9-11-13-15-17-19-21-23-25-27-29-31-33-35-42-48-54-60-75(80)88-66-73(94-77(82)62-56-50-43-36-34-32-30-28-26-24-22-20-18-16-14-12-10-8-2)68-92-96(84,85)90-64-72(79)65-91-97(86,87)93-69-74(67-89-76(81)61-55-49-45-39-41-47-53-59-71(5)6)95-78(83)63-57-51-44-38-37-40-46-52-58-70(3)4/h70-74,79H,7-69H2,1-6H3,(H,84,85)(H,86,87)/t72-,73-,74-/m1/s1. The summed E-state index contributed by atoms with van der Waals surface area (Å²) in [4.78, 5) is 72.8. The Morgan fingerprint density at radius 3 is 0.701 bits per heavy atom. The highest BCUT2D eigenvalue weighted by Gasteiger charge is 2.30. The van der Waals surface area contributed by atoms with E-state index in [1.807, 2.05) is 0 Å². The highest BCUT2D eigenvalue weighted by Crippen LogP contribution is 2.45. The second-order valence-electron chi connectivity index (χ2n) is 29.1.